The summed E-state index contributed by atoms with van der Waals surface area (Å²) in [6.45, 7) is 5.72. The molecule has 0 saturated carbocycles. The van der Waals surface area contributed by atoms with E-state index in [9.17, 15) is 9.90 Å². The number of benzene rings is 1. The minimum atomic E-state index is -0.503. The second kappa shape index (κ2) is 10.1. The molecule has 0 aliphatic carbocycles. The summed E-state index contributed by atoms with van der Waals surface area (Å²) in [6, 6.07) is 8.38. The van der Waals surface area contributed by atoms with Gasteiger partial charge in [0.25, 0.3) is 5.91 Å². The van der Waals surface area contributed by atoms with Crippen LogP contribution in [0.5, 0.6) is 0 Å². The molecule has 31 heavy (non-hydrogen) atoms. The van der Waals surface area contributed by atoms with Crippen molar-refractivity contribution in [1.82, 2.24) is 9.80 Å². The molecule has 0 bridgehead atoms. The molecule has 1 aromatic carbocycles. The van der Waals surface area contributed by atoms with Crippen LogP contribution >= 0.6 is 11.3 Å². The highest BCUT2D eigenvalue weighted by Gasteiger charge is 2.39. The molecule has 3 heterocycles. The highest BCUT2D eigenvalue weighted by atomic mass is 32.1. The summed E-state index contributed by atoms with van der Waals surface area (Å²) in [4.78, 5) is 17.4. The highest BCUT2D eigenvalue weighted by molar-refractivity contribution is 7.17. The van der Waals surface area contributed by atoms with Gasteiger partial charge in [0.05, 0.1) is 0 Å². The number of rotatable bonds is 7. The summed E-state index contributed by atoms with van der Waals surface area (Å²) in [5.41, 5.74) is 1.21. The number of aliphatic hydroxyl groups excluding tert-OH is 1. The van der Waals surface area contributed by atoms with Gasteiger partial charge in [-0.15, -0.1) is 11.3 Å². The lowest BCUT2D eigenvalue weighted by Gasteiger charge is -2.39. The average molecular weight is 445 g/mol. The average Bonchev–Trinajstić information content (AvgIpc) is 3.22. The Balaban J connectivity index is 1.70. The Labute approximate surface area is 188 Å². The number of thiophene rings is 1. The Hall–Kier alpha value is -1.93. The molecule has 2 aliphatic heterocycles. The largest absolute Gasteiger partial charge is 0.459 e. The van der Waals surface area contributed by atoms with Crippen molar-refractivity contribution in [3.63, 3.8) is 0 Å². The highest BCUT2D eigenvalue weighted by Crippen LogP contribution is 2.43. The van der Waals surface area contributed by atoms with Crippen molar-refractivity contribution in [3.8, 4) is 0 Å². The quantitative estimate of drug-likeness (QED) is 0.709. The zero-order valence-corrected chi connectivity index (χ0v) is 19.1. The number of piperazine rings is 1. The Bertz CT molecular complexity index is 919. The molecule has 1 saturated heterocycles. The van der Waals surface area contributed by atoms with Crippen LogP contribution in [0.4, 0.5) is 0 Å². The molecule has 1 N–H and O–H groups in total. The predicted octanol–water partition coefficient (Wildman–Crippen LogP) is 3.42. The molecule has 6 nitrogen and oxygen atoms in total. The monoisotopic (exact) mass is 444 g/mol. The first-order valence-electron chi connectivity index (χ1n) is 11.2. The maximum atomic E-state index is 13.3. The van der Waals surface area contributed by atoms with E-state index in [1.807, 2.05) is 17.9 Å². The van der Waals surface area contributed by atoms with Gasteiger partial charge in [-0.3, -0.25) is 4.79 Å². The van der Waals surface area contributed by atoms with E-state index in [2.05, 4.69) is 41.6 Å². The SMILES string of the molecule is CCO[C@H]1OC(C(=O)N2CCN(C)CC2)=C[C@@H](c2csc3ccccc23)[C@@H]1CCCO. The standard InChI is InChI=1S/C24H32N2O4S/c1-3-29-24-18(8-6-14-27)19(20-16-31-22-9-5-4-7-17(20)22)15-21(30-24)23(28)26-12-10-25(2)11-13-26/h4-5,7,9,15-16,18-19,24,27H,3,6,8,10-14H2,1-2H3/t18-,19+,24-/m0/s1. The number of aliphatic hydroxyl groups is 1. The third kappa shape index (κ3) is 4.80. The summed E-state index contributed by atoms with van der Waals surface area (Å²) in [6.07, 6.45) is 2.94. The molecular formula is C24H32N2O4S. The van der Waals surface area contributed by atoms with E-state index in [1.165, 1.54) is 15.6 Å². The van der Waals surface area contributed by atoms with E-state index >= 15 is 0 Å². The smallest absolute Gasteiger partial charge is 0.288 e. The van der Waals surface area contributed by atoms with Crippen LogP contribution in [0.1, 0.15) is 31.2 Å². The predicted molar refractivity (Wildman–Crippen MR) is 123 cm³/mol. The Morgan fingerprint density at radius 2 is 2.03 bits per heavy atom. The zero-order chi connectivity index (χ0) is 21.8. The van der Waals surface area contributed by atoms with Crippen molar-refractivity contribution in [1.29, 1.82) is 0 Å². The van der Waals surface area contributed by atoms with Gasteiger partial charge in [-0.2, -0.15) is 0 Å². The van der Waals surface area contributed by atoms with E-state index in [1.54, 1.807) is 11.3 Å². The minimum Gasteiger partial charge on any atom is -0.459 e. The van der Waals surface area contributed by atoms with Crippen LogP contribution in [0.25, 0.3) is 10.1 Å². The van der Waals surface area contributed by atoms with Crippen molar-refractivity contribution < 1.29 is 19.4 Å². The Kier molecular flexibility index (Phi) is 7.27. The molecular weight excluding hydrogens is 412 g/mol. The lowest BCUT2D eigenvalue weighted by Crippen LogP contribution is -2.49. The van der Waals surface area contributed by atoms with Crippen molar-refractivity contribution in [2.75, 3.05) is 46.4 Å². The number of carbonyl (C=O) groups is 1. The fraction of sp³-hybridized carbons (Fsp3) is 0.542. The number of likely N-dealkylation sites (N-methyl/N-ethyl adjacent to an activating group) is 1. The normalized spacial score (nSPS) is 24.8. The van der Waals surface area contributed by atoms with E-state index in [4.69, 9.17) is 9.47 Å². The number of carbonyl (C=O) groups excluding carboxylic acids is 1. The Morgan fingerprint density at radius 3 is 2.77 bits per heavy atom. The topological polar surface area (TPSA) is 62.2 Å². The van der Waals surface area contributed by atoms with E-state index in [0.717, 1.165) is 19.5 Å². The zero-order valence-electron chi connectivity index (χ0n) is 18.3. The minimum absolute atomic E-state index is 0.000542. The molecule has 0 unspecified atom stereocenters. The fourth-order valence-electron chi connectivity index (χ4n) is 4.54. The number of hydrogen-bond acceptors (Lipinski definition) is 6. The third-order valence-electron chi connectivity index (χ3n) is 6.28. The van der Waals surface area contributed by atoms with Gasteiger partial charge in [0.1, 0.15) is 0 Å². The van der Waals surface area contributed by atoms with Gasteiger partial charge in [-0.05, 0) is 55.3 Å². The summed E-state index contributed by atoms with van der Waals surface area (Å²) >= 11 is 1.72. The summed E-state index contributed by atoms with van der Waals surface area (Å²) in [5, 5.41) is 12.9. The lowest BCUT2D eigenvalue weighted by molar-refractivity contribution is -0.170. The van der Waals surface area contributed by atoms with Crippen LogP contribution < -0.4 is 0 Å². The molecule has 168 valence electrons. The van der Waals surface area contributed by atoms with Gasteiger partial charge in [0.2, 0.25) is 6.29 Å². The molecule has 7 heteroatoms. The van der Waals surface area contributed by atoms with Gasteiger partial charge in [-0.25, -0.2) is 0 Å². The molecule has 3 atom stereocenters. The van der Waals surface area contributed by atoms with Gasteiger partial charge in [0.15, 0.2) is 5.76 Å². The molecule has 0 radical (unpaired) electrons. The van der Waals surface area contributed by atoms with Gasteiger partial charge < -0.3 is 24.4 Å². The molecule has 1 amide bonds. The molecule has 1 fully saturated rings. The number of allylic oxidation sites excluding steroid dienone is 1. The van der Waals surface area contributed by atoms with Gasteiger partial charge in [0, 0.05) is 55.9 Å². The first-order valence-corrected chi connectivity index (χ1v) is 12.0. The number of ether oxygens (including phenoxy) is 2. The van der Waals surface area contributed by atoms with Crippen LogP contribution in [-0.2, 0) is 14.3 Å². The molecule has 2 aromatic rings. The second-order valence-electron chi connectivity index (χ2n) is 8.31. The van der Waals surface area contributed by atoms with E-state index < -0.39 is 6.29 Å². The summed E-state index contributed by atoms with van der Waals surface area (Å²) in [7, 11) is 2.08. The molecule has 0 spiro atoms. The van der Waals surface area contributed by atoms with Crippen LogP contribution in [0.3, 0.4) is 0 Å². The first-order chi connectivity index (χ1) is 15.1. The van der Waals surface area contributed by atoms with Crippen molar-refractivity contribution in [2.24, 2.45) is 5.92 Å². The molecule has 2 aliphatic rings. The van der Waals surface area contributed by atoms with Crippen molar-refractivity contribution in [2.45, 2.75) is 32.0 Å². The summed E-state index contributed by atoms with van der Waals surface area (Å²) in [5.74, 6) is 0.375. The van der Waals surface area contributed by atoms with Crippen molar-refractivity contribution in [3.05, 3.63) is 47.0 Å². The molecule has 1 aromatic heterocycles. The number of fused-ring (bicyclic) bond motifs is 1. The van der Waals surface area contributed by atoms with E-state index in [0.29, 0.717) is 31.9 Å². The van der Waals surface area contributed by atoms with Crippen LogP contribution in [0.2, 0.25) is 0 Å². The van der Waals surface area contributed by atoms with Crippen LogP contribution in [0.15, 0.2) is 41.5 Å². The van der Waals surface area contributed by atoms with E-state index in [-0.39, 0.29) is 24.3 Å². The molecule has 4 rings (SSSR count). The Morgan fingerprint density at radius 1 is 1.26 bits per heavy atom. The second-order valence-corrected chi connectivity index (χ2v) is 9.22. The van der Waals surface area contributed by atoms with Gasteiger partial charge >= 0.3 is 0 Å². The lowest BCUT2D eigenvalue weighted by atomic mass is 9.80. The number of nitrogens with zero attached hydrogens (tertiary/aromatic N) is 2. The maximum Gasteiger partial charge on any atom is 0.288 e. The maximum absolute atomic E-state index is 13.3. The van der Waals surface area contributed by atoms with Gasteiger partial charge in [-0.1, -0.05) is 18.2 Å². The number of hydrogen-bond donors (Lipinski definition) is 1. The van der Waals surface area contributed by atoms with Crippen LogP contribution in [0, 0.1) is 5.92 Å². The van der Waals surface area contributed by atoms with Crippen molar-refractivity contribution >= 4 is 27.3 Å². The number of amides is 1. The summed E-state index contributed by atoms with van der Waals surface area (Å²) < 4.78 is 13.4. The fourth-order valence-corrected chi connectivity index (χ4v) is 5.54. The first kappa shape index (κ1) is 22.3. The van der Waals surface area contributed by atoms with Crippen LogP contribution in [-0.4, -0.2) is 73.5 Å². The third-order valence-corrected chi connectivity index (χ3v) is 7.26.